The number of carbonyl (C=O) groups excluding carboxylic acids is 1. The smallest absolute Gasteiger partial charge is 0.274 e. The van der Waals surface area contributed by atoms with Crippen molar-refractivity contribution in [2.75, 3.05) is 19.6 Å². The highest BCUT2D eigenvalue weighted by atomic mass is 32.2. The molecule has 1 atom stereocenters. The summed E-state index contributed by atoms with van der Waals surface area (Å²) in [5.74, 6) is 0.448. The molecule has 0 aromatic heterocycles. The van der Waals surface area contributed by atoms with Gasteiger partial charge in [0.15, 0.2) is 0 Å². The maximum absolute atomic E-state index is 12.5. The van der Waals surface area contributed by atoms with Gasteiger partial charge in [-0.25, -0.2) is 9.86 Å². The second-order valence-electron chi connectivity index (χ2n) is 6.30. The van der Waals surface area contributed by atoms with Crippen molar-refractivity contribution in [2.24, 2.45) is 22.7 Å². The van der Waals surface area contributed by atoms with Gasteiger partial charge in [0, 0.05) is 31.6 Å². The number of amides is 1. The average Bonchev–Trinajstić information content (AvgIpc) is 2.45. The van der Waals surface area contributed by atoms with Crippen LogP contribution in [0.3, 0.4) is 0 Å². The molecule has 1 saturated heterocycles. The Morgan fingerprint density at radius 3 is 2.48 bits per heavy atom. The van der Waals surface area contributed by atoms with Crippen molar-refractivity contribution in [2.45, 2.75) is 44.6 Å². The van der Waals surface area contributed by atoms with Crippen molar-refractivity contribution >= 4 is 16.1 Å². The second-order valence-corrected chi connectivity index (χ2v) is 7.68. The Hall–Kier alpha value is -0.700. The molecule has 1 aliphatic carbocycles. The number of hydrogen-bond donors (Lipinski definition) is 3. The molecule has 0 bridgehead atoms. The molecule has 5 N–H and O–H groups in total. The largest absolute Gasteiger partial charge is 0.342 e. The van der Waals surface area contributed by atoms with Gasteiger partial charge in [-0.1, -0.05) is 0 Å². The SMILES string of the molecule is NC1CCC(C(=O)N2CCCC(CNS(N)(=O)=O)C2)CC1. The maximum atomic E-state index is 12.5. The van der Waals surface area contributed by atoms with Crippen LogP contribution in [-0.4, -0.2) is 44.9 Å². The summed E-state index contributed by atoms with van der Waals surface area (Å²) < 4.78 is 24.2. The molecule has 1 unspecified atom stereocenters. The van der Waals surface area contributed by atoms with Crippen molar-refractivity contribution in [1.82, 2.24) is 9.62 Å². The first kappa shape index (κ1) is 16.7. The molecule has 122 valence electrons. The molecule has 0 aromatic rings. The zero-order valence-corrected chi connectivity index (χ0v) is 13.1. The fourth-order valence-electron chi connectivity index (χ4n) is 3.29. The number of nitrogens with two attached hydrogens (primary N) is 2. The van der Waals surface area contributed by atoms with Crippen LogP contribution in [0.5, 0.6) is 0 Å². The summed E-state index contributed by atoms with van der Waals surface area (Å²) in [7, 11) is -3.66. The molecule has 1 heterocycles. The number of hydrogen-bond acceptors (Lipinski definition) is 4. The Balaban J connectivity index is 1.84. The summed E-state index contributed by atoms with van der Waals surface area (Å²) >= 11 is 0. The highest BCUT2D eigenvalue weighted by Crippen LogP contribution is 2.27. The van der Waals surface area contributed by atoms with Crippen LogP contribution in [0.2, 0.25) is 0 Å². The summed E-state index contributed by atoms with van der Waals surface area (Å²) in [5, 5.41) is 4.95. The highest BCUT2D eigenvalue weighted by Gasteiger charge is 2.31. The Labute approximate surface area is 126 Å². The van der Waals surface area contributed by atoms with Gasteiger partial charge in [-0.15, -0.1) is 0 Å². The van der Waals surface area contributed by atoms with E-state index in [1.54, 1.807) is 0 Å². The Morgan fingerprint density at radius 2 is 1.86 bits per heavy atom. The predicted molar refractivity (Wildman–Crippen MR) is 80.3 cm³/mol. The predicted octanol–water partition coefficient (Wildman–Crippen LogP) is -0.464. The Bertz CT molecular complexity index is 460. The Morgan fingerprint density at radius 1 is 1.19 bits per heavy atom. The van der Waals surface area contributed by atoms with Gasteiger partial charge in [-0.3, -0.25) is 4.79 Å². The van der Waals surface area contributed by atoms with Crippen LogP contribution in [-0.2, 0) is 15.0 Å². The molecular weight excluding hydrogens is 292 g/mol. The van der Waals surface area contributed by atoms with Crippen molar-refractivity contribution in [3.8, 4) is 0 Å². The number of carbonyl (C=O) groups is 1. The first-order valence-corrected chi connectivity index (χ1v) is 9.21. The second kappa shape index (κ2) is 7.04. The lowest BCUT2D eigenvalue weighted by Gasteiger charge is -2.36. The van der Waals surface area contributed by atoms with Gasteiger partial charge in [-0.2, -0.15) is 8.42 Å². The van der Waals surface area contributed by atoms with Crippen molar-refractivity contribution in [3.05, 3.63) is 0 Å². The number of nitrogens with zero attached hydrogens (tertiary/aromatic N) is 1. The lowest BCUT2D eigenvalue weighted by Crippen LogP contribution is -2.47. The van der Waals surface area contributed by atoms with E-state index >= 15 is 0 Å². The third-order valence-corrected chi connectivity index (χ3v) is 5.09. The van der Waals surface area contributed by atoms with Gasteiger partial charge >= 0.3 is 0 Å². The molecule has 7 nitrogen and oxygen atoms in total. The van der Waals surface area contributed by atoms with E-state index in [1.165, 1.54) is 0 Å². The van der Waals surface area contributed by atoms with Gasteiger partial charge in [0.1, 0.15) is 0 Å². The first-order chi connectivity index (χ1) is 9.85. The standard InChI is InChI=1S/C13H26N4O3S/c14-12-5-3-11(4-6-12)13(18)17-7-1-2-10(9-17)8-16-21(15,19)20/h10-12,16H,1-9,14H2,(H2,15,19,20). The summed E-state index contributed by atoms with van der Waals surface area (Å²) in [5.41, 5.74) is 5.88. The van der Waals surface area contributed by atoms with E-state index in [1.807, 2.05) is 4.90 Å². The molecule has 1 amide bonds. The highest BCUT2D eigenvalue weighted by molar-refractivity contribution is 7.87. The summed E-state index contributed by atoms with van der Waals surface area (Å²) in [6, 6.07) is 0.238. The average molecular weight is 318 g/mol. The minimum atomic E-state index is -3.66. The van der Waals surface area contributed by atoms with E-state index < -0.39 is 10.2 Å². The van der Waals surface area contributed by atoms with Gasteiger partial charge in [0.05, 0.1) is 0 Å². The van der Waals surface area contributed by atoms with E-state index in [2.05, 4.69) is 4.72 Å². The normalized spacial score (nSPS) is 31.1. The van der Waals surface area contributed by atoms with Crippen LogP contribution < -0.4 is 15.6 Å². The third-order valence-electron chi connectivity index (χ3n) is 4.52. The fourth-order valence-corrected chi connectivity index (χ4v) is 3.76. The number of nitrogens with one attached hydrogen (secondary N) is 1. The van der Waals surface area contributed by atoms with E-state index in [9.17, 15) is 13.2 Å². The minimum Gasteiger partial charge on any atom is -0.342 e. The zero-order chi connectivity index (χ0) is 15.5. The van der Waals surface area contributed by atoms with Crippen LogP contribution in [0.4, 0.5) is 0 Å². The molecule has 2 aliphatic rings. The molecule has 0 radical (unpaired) electrons. The molecular formula is C13H26N4O3S. The molecule has 1 aliphatic heterocycles. The first-order valence-electron chi connectivity index (χ1n) is 7.67. The van der Waals surface area contributed by atoms with E-state index in [4.69, 9.17) is 10.9 Å². The molecule has 21 heavy (non-hydrogen) atoms. The molecule has 0 spiro atoms. The van der Waals surface area contributed by atoms with Crippen LogP contribution in [0, 0.1) is 11.8 Å². The number of likely N-dealkylation sites (tertiary alicyclic amines) is 1. The lowest BCUT2D eigenvalue weighted by atomic mass is 9.85. The summed E-state index contributed by atoms with van der Waals surface area (Å²) in [4.78, 5) is 14.4. The fraction of sp³-hybridized carbons (Fsp3) is 0.923. The van der Waals surface area contributed by atoms with Gasteiger partial charge in [0.2, 0.25) is 5.91 Å². The number of rotatable bonds is 4. The van der Waals surface area contributed by atoms with Crippen LogP contribution in [0.25, 0.3) is 0 Å². The van der Waals surface area contributed by atoms with Crippen LogP contribution in [0.15, 0.2) is 0 Å². The molecule has 2 fully saturated rings. The third kappa shape index (κ3) is 5.21. The maximum Gasteiger partial charge on any atom is 0.274 e. The van der Waals surface area contributed by atoms with Gasteiger partial charge in [-0.05, 0) is 44.4 Å². The minimum absolute atomic E-state index is 0.0924. The number of piperidine rings is 1. The van der Waals surface area contributed by atoms with E-state index in [-0.39, 0.29) is 23.8 Å². The summed E-state index contributed by atoms with van der Waals surface area (Å²) in [6.07, 6.45) is 5.41. The monoisotopic (exact) mass is 318 g/mol. The molecule has 0 aromatic carbocycles. The van der Waals surface area contributed by atoms with Gasteiger partial charge < -0.3 is 10.6 Å². The van der Waals surface area contributed by atoms with E-state index in [0.29, 0.717) is 13.1 Å². The van der Waals surface area contributed by atoms with Gasteiger partial charge in [0.25, 0.3) is 10.2 Å². The zero-order valence-electron chi connectivity index (χ0n) is 12.3. The lowest BCUT2D eigenvalue weighted by molar-refractivity contribution is -0.138. The van der Waals surface area contributed by atoms with Crippen LogP contribution >= 0.6 is 0 Å². The van der Waals surface area contributed by atoms with Crippen molar-refractivity contribution in [1.29, 1.82) is 0 Å². The molecule has 8 heteroatoms. The Kier molecular flexibility index (Phi) is 5.59. The molecule has 1 saturated carbocycles. The summed E-state index contributed by atoms with van der Waals surface area (Å²) in [6.45, 7) is 1.69. The quantitative estimate of drug-likeness (QED) is 0.649. The van der Waals surface area contributed by atoms with Crippen molar-refractivity contribution < 1.29 is 13.2 Å². The van der Waals surface area contributed by atoms with Crippen LogP contribution in [0.1, 0.15) is 38.5 Å². The van der Waals surface area contributed by atoms with E-state index in [0.717, 1.165) is 45.1 Å². The molecule has 2 rings (SSSR count). The topological polar surface area (TPSA) is 119 Å². The van der Waals surface area contributed by atoms with Crippen molar-refractivity contribution in [3.63, 3.8) is 0 Å².